The molecule has 0 fully saturated rings. The monoisotopic (exact) mass is 296 g/mol. The van der Waals surface area contributed by atoms with Gasteiger partial charge in [0, 0.05) is 6.54 Å². The predicted octanol–water partition coefficient (Wildman–Crippen LogP) is 2.66. The van der Waals surface area contributed by atoms with E-state index in [2.05, 4.69) is 24.5 Å². The largest absolute Gasteiger partial charge is 0.354 e. The molecule has 0 aliphatic heterocycles. The number of amides is 2. The Balaban J connectivity index is 2.55. The minimum atomic E-state index is -0.489. The summed E-state index contributed by atoms with van der Waals surface area (Å²) in [5.74, 6) is 0.315. The third kappa shape index (κ3) is 5.33. The topological polar surface area (TPSA) is 58.2 Å². The second kappa shape index (κ2) is 8.04. The normalized spacial score (nSPS) is 12.5. The van der Waals surface area contributed by atoms with Crippen LogP contribution in [0, 0.1) is 11.8 Å². The molecule has 0 aromatic carbocycles. The summed E-state index contributed by atoms with van der Waals surface area (Å²) in [7, 11) is 0. The average molecular weight is 296 g/mol. The van der Waals surface area contributed by atoms with Gasteiger partial charge in [-0.2, -0.15) is 0 Å². The smallest absolute Gasteiger partial charge is 0.262 e. The van der Waals surface area contributed by atoms with Crippen LogP contribution in [0.1, 0.15) is 43.8 Å². The number of rotatable bonds is 7. The van der Waals surface area contributed by atoms with Crippen LogP contribution in [0.2, 0.25) is 0 Å². The van der Waals surface area contributed by atoms with E-state index < -0.39 is 6.04 Å². The Morgan fingerprint density at radius 3 is 2.45 bits per heavy atom. The third-order valence-corrected chi connectivity index (χ3v) is 3.87. The van der Waals surface area contributed by atoms with Gasteiger partial charge in [-0.25, -0.2) is 0 Å². The highest BCUT2D eigenvalue weighted by Gasteiger charge is 2.24. The summed E-state index contributed by atoms with van der Waals surface area (Å²) in [6.45, 7) is 8.74. The molecule has 2 amide bonds. The molecule has 0 saturated carbocycles. The van der Waals surface area contributed by atoms with Crippen LogP contribution in [0.4, 0.5) is 0 Å². The highest BCUT2D eigenvalue weighted by atomic mass is 32.1. The van der Waals surface area contributed by atoms with Gasteiger partial charge < -0.3 is 10.6 Å². The van der Waals surface area contributed by atoms with Crippen LogP contribution < -0.4 is 10.6 Å². The molecular weight excluding hydrogens is 272 g/mol. The molecule has 0 spiro atoms. The number of thiophene rings is 1. The van der Waals surface area contributed by atoms with Crippen molar-refractivity contribution in [1.29, 1.82) is 0 Å². The lowest BCUT2D eigenvalue weighted by atomic mass is 10.0. The number of hydrogen-bond acceptors (Lipinski definition) is 3. The van der Waals surface area contributed by atoms with Crippen molar-refractivity contribution in [3.8, 4) is 0 Å². The zero-order valence-electron chi connectivity index (χ0n) is 12.6. The first-order valence-corrected chi connectivity index (χ1v) is 7.91. The Kier molecular flexibility index (Phi) is 6.71. The van der Waals surface area contributed by atoms with E-state index in [0.29, 0.717) is 17.3 Å². The van der Waals surface area contributed by atoms with Crippen LogP contribution in [-0.2, 0) is 4.79 Å². The van der Waals surface area contributed by atoms with Gasteiger partial charge in [-0.15, -0.1) is 11.3 Å². The summed E-state index contributed by atoms with van der Waals surface area (Å²) in [5.41, 5.74) is 0. The van der Waals surface area contributed by atoms with Gasteiger partial charge in [0.15, 0.2) is 0 Å². The van der Waals surface area contributed by atoms with Crippen molar-refractivity contribution in [3.63, 3.8) is 0 Å². The summed E-state index contributed by atoms with van der Waals surface area (Å²) in [4.78, 5) is 24.8. The molecule has 1 aromatic heterocycles. The molecule has 1 rings (SSSR count). The number of carbonyl (C=O) groups is 2. The van der Waals surface area contributed by atoms with E-state index in [1.807, 2.05) is 25.3 Å². The van der Waals surface area contributed by atoms with Crippen molar-refractivity contribution in [1.82, 2.24) is 10.6 Å². The third-order valence-electron chi connectivity index (χ3n) is 3.00. The number of hydrogen-bond donors (Lipinski definition) is 2. The molecule has 20 heavy (non-hydrogen) atoms. The first-order valence-electron chi connectivity index (χ1n) is 7.04. The second-order valence-electron chi connectivity index (χ2n) is 5.65. The molecule has 112 valence electrons. The van der Waals surface area contributed by atoms with Crippen LogP contribution in [0.3, 0.4) is 0 Å². The van der Waals surface area contributed by atoms with Crippen LogP contribution in [-0.4, -0.2) is 24.4 Å². The molecule has 0 aliphatic carbocycles. The molecule has 5 heteroatoms. The van der Waals surface area contributed by atoms with Crippen molar-refractivity contribution >= 4 is 23.2 Å². The van der Waals surface area contributed by atoms with Gasteiger partial charge >= 0.3 is 0 Å². The first kappa shape index (κ1) is 16.7. The Morgan fingerprint density at radius 1 is 1.25 bits per heavy atom. The van der Waals surface area contributed by atoms with Gasteiger partial charge in [-0.1, -0.05) is 33.8 Å². The van der Waals surface area contributed by atoms with Gasteiger partial charge in [0.1, 0.15) is 6.04 Å². The Morgan fingerprint density at radius 2 is 1.95 bits per heavy atom. The Labute approximate surface area is 125 Å². The summed E-state index contributed by atoms with van der Waals surface area (Å²) in [6, 6.07) is 3.09. The maximum atomic E-state index is 12.1. The molecule has 0 aliphatic rings. The van der Waals surface area contributed by atoms with Crippen molar-refractivity contribution in [2.45, 2.75) is 40.2 Å². The fourth-order valence-electron chi connectivity index (χ4n) is 1.75. The highest BCUT2D eigenvalue weighted by molar-refractivity contribution is 7.12. The lowest BCUT2D eigenvalue weighted by molar-refractivity contribution is -0.123. The van der Waals surface area contributed by atoms with Crippen molar-refractivity contribution in [2.75, 3.05) is 6.54 Å². The minimum absolute atomic E-state index is 0.0537. The fraction of sp³-hybridized carbons (Fsp3) is 0.600. The van der Waals surface area contributed by atoms with Crippen LogP contribution in [0.15, 0.2) is 17.5 Å². The molecule has 0 radical (unpaired) electrons. The first-order chi connectivity index (χ1) is 9.41. The van der Waals surface area contributed by atoms with Crippen LogP contribution in [0.25, 0.3) is 0 Å². The zero-order chi connectivity index (χ0) is 15.1. The lowest BCUT2D eigenvalue weighted by Crippen LogP contribution is -2.49. The quantitative estimate of drug-likeness (QED) is 0.812. The summed E-state index contributed by atoms with van der Waals surface area (Å²) >= 11 is 1.37. The maximum absolute atomic E-state index is 12.1. The van der Waals surface area contributed by atoms with Gasteiger partial charge in [-0.3, -0.25) is 9.59 Å². The van der Waals surface area contributed by atoms with E-state index in [9.17, 15) is 9.59 Å². The van der Waals surface area contributed by atoms with Crippen LogP contribution >= 0.6 is 11.3 Å². The van der Waals surface area contributed by atoms with Gasteiger partial charge in [0.25, 0.3) is 5.91 Å². The van der Waals surface area contributed by atoms with Gasteiger partial charge in [-0.05, 0) is 29.7 Å². The van der Waals surface area contributed by atoms with Crippen molar-refractivity contribution < 1.29 is 9.59 Å². The zero-order valence-corrected chi connectivity index (χ0v) is 13.4. The van der Waals surface area contributed by atoms with Gasteiger partial charge in [0.2, 0.25) is 5.91 Å². The molecule has 1 atom stereocenters. The van der Waals surface area contributed by atoms with E-state index >= 15 is 0 Å². The Bertz CT molecular complexity index is 427. The van der Waals surface area contributed by atoms with E-state index in [4.69, 9.17) is 0 Å². The highest BCUT2D eigenvalue weighted by Crippen LogP contribution is 2.10. The van der Waals surface area contributed by atoms with E-state index in [0.717, 1.165) is 6.42 Å². The molecule has 1 unspecified atom stereocenters. The summed E-state index contributed by atoms with van der Waals surface area (Å²) in [6.07, 6.45) is 0.940. The molecular formula is C15H24N2O2S. The molecule has 0 bridgehead atoms. The summed E-state index contributed by atoms with van der Waals surface area (Å²) in [5, 5.41) is 7.56. The number of carbonyl (C=O) groups excluding carboxylic acids is 2. The maximum Gasteiger partial charge on any atom is 0.262 e. The van der Waals surface area contributed by atoms with Crippen molar-refractivity contribution in [2.24, 2.45) is 11.8 Å². The molecule has 4 nitrogen and oxygen atoms in total. The standard InChI is InChI=1S/C15H24N2O2S/c1-10(2)7-8-16-15(19)13(11(3)4)17-14(18)12-6-5-9-20-12/h5-6,9-11,13H,7-8H2,1-4H3,(H,16,19)(H,17,18). The average Bonchev–Trinajstić information content (AvgIpc) is 2.88. The lowest BCUT2D eigenvalue weighted by Gasteiger charge is -2.21. The van der Waals surface area contributed by atoms with E-state index in [1.165, 1.54) is 11.3 Å². The van der Waals surface area contributed by atoms with Crippen LogP contribution in [0.5, 0.6) is 0 Å². The predicted molar refractivity (Wildman–Crippen MR) is 82.9 cm³/mol. The molecule has 1 heterocycles. The number of nitrogens with one attached hydrogen (secondary N) is 2. The molecule has 0 saturated heterocycles. The second-order valence-corrected chi connectivity index (χ2v) is 6.59. The molecule has 1 aromatic rings. The SMILES string of the molecule is CC(C)CCNC(=O)C(NC(=O)c1cccs1)C(C)C. The van der Waals surface area contributed by atoms with E-state index in [-0.39, 0.29) is 17.7 Å². The fourth-order valence-corrected chi connectivity index (χ4v) is 2.38. The molecule has 2 N–H and O–H groups in total. The summed E-state index contributed by atoms with van der Waals surface area (Å²) < 4.78 is 0. The van der Waals surface area contributed by atoms with Crippen molar-refractivity contribution in [3.05, 3.63) is 22.4 Å². The van der Waals surface area contributed by atoms with Gasteiger partial charge in [0.05, 0.1) is 4.88 Å². The Hall–Kier alpha value is -1.36. The minimum Gasteiger partial charge on any atom is -0.354 e. The van der Waals surface area contributed by atoms with E-state index in [1.54, 1.807) is 6.07 Å².